The molecule has 1 rings (SSSR count). The highest BCUT2D eigenvalue weighted by molar-refractivity contribution is 7.09. The van der Waals surface area contributed by atoms with Crippen LogP contribution >= 0.6 is 11.3 Å². The molecule has 0 saturated carbocycles. The van der Waals surface area contributed by atoms with Gasteiger partial charge in [0.15, 0.2) is 5.54 Å². The number of terminal acetylenes is 1. The van der Waals surface area contributed by atoms with Gasteiger partial charge in [0.1, 0.15) is 5.01 Å². The SMILES string of the molecule is C#CCNC(C)(C(=O)OCC)c1nccs1. The van der Waals surface area contributed by atoms with Crippen molar-refractivity contribution in [1.29, 1.82) is 0 Å². The van der Waals surface area contributed by atoms with Crippen LogP contribution in [0.4, 0.5) is 0 Å². The van der Waals surface area contributed by atoms with Crippen LogP contribution in [-0.4, -0.2) is 24.1 Å². The minimum atomic E-state index is -0.962. The molecule has 4 nitrogen and oxygen atoms in total. The van der Waals surface area contributed by atoms with E-state index in [-0.39, 0.29) is 12.5 Å². The largest absolute Gasteiger partial charge is 0.464 e. The highest BCUT2D eigenvalue weighted by Crippen LogP contribution is 2.24. The Morgan fingerprint density at radius 1 is 1.81 bits per heavy atom. The molecule has 16 heavy (non-hydrogen) atoms. The zero-order valence-corrected chi connectivity index (χ0v) is 10.1. The van der Waals surface area contributed by atoms with Crippen LogP contribution in [0.5, 0.6) is 0 Å². The first-order chi connectivity index (χ1) is 7.65. The zero-order chi connectivity index (χ0) is 12.0. The van der Waals surface area contributed by atoms with Gasteiger partial charge < -0.3 is 4.74 Å². The lowest BCUT2D eigenvalue weighted by Gasteiger charge is -2.25. The fourth-order valence-corrected chi connectivity index (χ4v) is 1.97. The van der Waals surface area contributed by atoms with Crippen LogP contribution < -0.4 is 5.32 Å². The monoisotopic (exact) mass is 238 g/mol. The minimum Gasteiger partial charge on any atom is -0.464 e. The Hall–Kier alpha value is -1.38. The molecule has 1 aromatic rings. The Kier molecular flexibility index (Phi) is 4.47. The summed E-state index contributed by atoms with van der Waals surface area (Å²) < 4.78 is 5.02. The third kappa shape index (κ3) is 2.60. The van der Waals surface area contributed by atoms with Crippen LogP contribution in [0.25, 0.3) is 0 Å². The lowest BCUT2D eigenvalue weighted by atomic mass is 10.0. The lowest BCUT2D eigenvalue weighted by Crippen LogP contribution is -2.47. The number of rotatable bonds is 5. The van der Waals surface area contributed by atoms with E-state index in [2.05, 4.69) is 16.2 Å². The third-order valence-electron chi connectivity index (χ3n) is 2.09. The number of nitrogens with one attached hydrogen (secondary N) is 1. The van der Waals surface area contributed by atoms with Gasteiger partial charge in [0.2, 0.25) is 0 Å². The molecule has 0 bridgehead atoms. The molecule has 0 amide bonds. The van der Waals surface area contributed by atoms with E-state index in [0.29, 0.717) is 11.6 Å². The minimum absolute atomic E-state index is 0.287. The van der Waals surface area contributed by atoms with E-state index in [1.807, 2.05) is 5.38 Å². The standard InChI is InChI=1S/C11H14N2O2S/c1-4-6-13-11(3,10(14)15-5-2)9-12-7-8-16-9/h1,7-8,13H,5-6H2,2-3H3. The normalized spacial score (nSPS) is 13.8. The van der Waals surface area contributed by atoms with Crippen molar-refractivity contribution in [2.75, 3.05) is 13.2 Å². The molecule has 0 spiro atoms. The average Bonchev–Trinajstić information content (AvgIpc) is 2.80. The summed E-state index contributed by atoms with van der Waals surface area (Å²) in [7, 11) is 0. The Bertz CT molecular complexity index is 383. The van der Waals surface area contributed by atoms with Crippen molar-refractivity contribution in [2.24, 2.45) is 0 Å². The molecule has 0 aliphatic carbocycles. The molecule has 5 heteroatoms. The van der Waals surface area contributed by atoms with Gasteiger partial charge in [-0.3, -0.25) is 5.32 Å². The zero-order valence-electron chi connectivity index (χ0n) is 9.32. The summed E-state index contributed by atoms with van der Waals surface area (Å²) in [6.45, 7) is 4.11. The van der Waals surface area contributed by atoms with Crippen LogP contribution in [0, 0.1) is 12.3 Å². The van der Waals surface area contributed by atoms with Crippen LogP contribution in [0.3, 0.4) is 0 Å². The van der Waals surface area contributed by atoms with Crippen molar-refractivity contribution < 1.29 is 9.53 Å². The van der Waals surface area contributed by atoms with E-state index in [0.717, 1.165) is 0 Å². The predicted octanol–water partition coefficient (Wildman–Crippen LogP) is 1.14. The second-order valence-corrected chi connectivity index (χ2v) is 4.13. The van der Waals surface area contributed by atoms with Gasteiger partial charge in [-0.05, 0) is 13.8 Å². The molecule has 1 N–H and O–H groups in total. The van der Waals surface area contributed by atoms with E-state index in [4.69, 9.17) is 11.2 Å². The Balaban J connectivity index is 2.93. The van der Waals surface area contributed by atoms with Gasteiger partial charge >= 0.3 is 5.97 Å². The molecule has 0 aliphatic heterocycles. The van der Waals surface area contributed by atoms with E-state index in [9.17, 15) is 4.79 Å². The van der Waals surface area contributed by atoms with Gasteiger partial charge in [0.05, 0.1) is 13.2 Å². The van der Waals surface area contributed by atoms with Gasteiger partial charge in [-0.1, -0.05) is 5.92 Å². The number of hydrogen-bond acceptors (Lipinski definition) is 5. The maximum absolute atomic E-state index is 11.9. The van der Waals surface area contributed by atoms with E-state index in [1.54, 1.807) is 20.0 Å². The fraction of sp³-hybridized carbons (Fsp3) is 0.455. The highest BCUT2D eigenvalue weighted by atomic mass is 32.1. The first-order valence-electron chi connectivity index (χ1n) is 4.90. The van der Waals surface area contributed by atoms with Crippen molar-refractivity contribution in [3.05, 3.63) is 16.6 Å². The predicted molar refractivity (Wildman–Crippen MR) is 62.9 cm³/mol. The molecule has 1 unspecified atom stereocenters. The smallest absolute Gasteiger partial charge is 0.333 e. The van der Waals surface area contributed by atoms with Gasteiger partial charge in [-0.25, -0.2) is 9.78 Å². The number of carbonyl (C=O) groups excluding carboxylic acids is 1. The van der Waals surface area contributed by atoms with Gasteiger partial charge in [-0.2, -0.15) is 0 Å². The number of carbonyl (C=O) groups is 1. The fourth-order valence-electron chi connectivity index (χ4n) is 1.21. The highest BCUT2D eigenvalue weighted by Gasteiger charge is 2.38. The summed E-state index contributed by atoms with van der Waals surface area (Å²) in [5.41, 5.74) is -0.962. The van der Waals surface area contributed by atoms with Crippen molar-refractivity contribution in [3.63, 3.8) is 0 Å². The second-order valence-electron chi connectivity index (χ2n) is 3.24. The second kappa shape index (κ2) is 5.64. The summed E-state index contributed by atoms with van der Waals surface area (Å²) in [4.78, 5) is 16.0. The Labute approximate surface area is 99.0 Å². The maximum Gasteiger partial charge on any atom is 0.333 e. The molecule has 0 fully saturated rings. The lowest BCUT2D eigenvalue weighted by molar-refractivity contribution is -0.150. The number of nitrogens with zero attached hydrogens (tertiary/aromatic N) is 1. The van der Waals surface area contributed by atoms with Crippen molar-refractivity contribution in [1.82, 2.24) is 10.3 Å². The topological polar surface area (TPSA) is 51.2 Å². The molecule has 86 valence electrons. The number of esters is 1. The average molecular weight is 238 g/mol. The first-order valence-corrected chi connectivity index (χ1v) is 5.78. The van der Waals surface area contributed by atoms with Crippen LogP contribution in [0.1, 0.15) is 18.9 Å². The van der Waals surface area contributed by atoms with Gasteiger partial charge in [-0.15, -0.1) is 17.8 Å². The van der Waals surface area contributed by atoms with Crippen molar-refractivity contribution in [3.8, 4) is 12.3 Å². The quantitative estimate of drug-likeness (QED) is 0.617. The molecule has 0 radical (unpaired) electrons. The number of ether oxygens (including phenoxy) is 1. The summed E-state index contributed by atoms with van der Waals surface area (Å²) in [5, 5.41) is 5.43. The Morgan fingerprint density at radius 2 is 2.56 bits per heavy atom. The van der Waals surface area contributed by atoms with Gasteiger partial charge in [0, 0.05) is 11.6 Å². The molecular formula is C11H14N2O2S. The van der Waals surface area contributed by atoms with Crippen molar-refractivity contribution in [2.45, 2.75) is 19.4 Å². The molecule has 0 aliphatic rings. The van der Waals surface area contributed by atoms with Crippen LogP contribution in [0.2, 0.25) is 0 Å². The number of thiazole rings is 1. The molecular weight excluding hydrogens is 224 g/mol. The van der Waals surface area contributed by atoms with E-state index < -0.39 is 5.54 Å². The summed E-state index contributed by atoms with van der Waals surface area (Å²) in [6.07, 6.45) is 6.83. The molecule has 0 aromatic carbocycles. The van der Waals surface area contributed by atoms with E-state index >= 15 is 0 Å². The summed E-state index contributed by atoms with van der Waals surface area (Å²) in [5.74, 6) is 2.08. The number of aromatic nitrogens is 1. The maximum atomic E-state index is 11.9. The Morgan fingerprint density at radius 3 is 3.06 bits per heavy atom. The molecule has 1 atom stereocenters. The first kappa shape index (κ1) is 12.7. The molecule has 0 saturated heterocycles. The van der Waals surface area contributed by atoms with Gasteiger partial charge in [0.25, 0.3) is 0 Å². The van der Waals surface area contributed by atoms with E-state index in [1.165, 1.54) is 11.3 Å². The molecule has 1 heterocycles. The molecule has 1 aromatic heterocycles. The third-order valence-corrected chi connectivity index (χ3v) is 3.08. The van der Waals surface area contributed by atoms with Crippen LogP contribution in [-0.2, 0) is 15.1 Å². The number of hydrogen-bond donors (Lipinski definition) is 1. The van der Waals surface area contributed by atoms with Crippen molar-refractivity contribution >= 4 is 17.3 Å². The summed E-state index contributed by atoms with van der Waals surface area (Å²) in [6, 6.07) is 0. The summed E-state index contributed by atoms with van der Waals surface area (Å²) >= 11 is 1.39. The van der Waals surface area contributed by atoms with Crippen LogP contribution in [0.15, 0.2) is 11.6 Å².